The summed E-state index contributed by atoms with van der Waals surface area (Å²) in [6.45, 7) is 12.5. The van der Waals surface area contributed by atoms with Gasteiger partial charge in [0.2, 0.25) is 5.69 Å². The summed E-state index contributed by atoms with van der Waals surface area (Å²) in [7, 11) is 0. The van der Waals surface area contributed by atoms with E-state index in [0.717, 1.165) is 59.7 Å². The molecule has 31 heavy (non-hydrogen) atoms. The third kappa shape index (κ3) is 3.37. The predicted molar refractivity (Wildman–Crippen MR) is 122 cm³/mol. The SMILES string of the molecule is CC(C)CCCC(C)C1CCC2C3CCC4Cc5no[n+]([O-])c5CC4(C)C3CCC12C. The first-order valence-electron chi connectivity index (χ1n) is 13.3. The Morgan fingerprint density at radius 1 is 1.03 bits per heavy atom. The van der Waals surface area contributed by atoms with E-state index in [2.05, 4.69) is 39.8 Å². The Bertz CT molecular complexity index is 803. The Morgan fingerprint density at radius 2 is 1.81 bits per heavy atom. The number of hydrogen-bond donors (Lipinski definition) is 0. The van der Waals surface area contributed by atoms with Gasteiger partial charge in [-0.25, -0.2) is 0 Å². The minimum Gasteiger partial charge on any atom is -0.359 e. The fourth-order valence-electron chi connectivity index (χ4n) is 9.38. The first-order valence-corrected chi connectivity index (χ1v) is 13.3. The van der Waals surface area contributed by atoms with Crippen LogP contribution in [0, 0.1) is 57.5 Å². The normalized spacial score (nSPS) is 42.6. The number of nitrogens with zero attached hydrogens (tertiary/aromatic N) is 2. The summed E-state index contributed by atoms with van der Waals surface area (Å²) in [6, 6.07) is 0. The molecule has 1 heterocycles. The molecule has 3 fully saturated rings. The van der Waals surface area contributed by atoms with E-state index in [9.17, 15) is 5.21 Å². The van der Waals surface area contributed by atoms with Crippen LogP contribution in [0.4, 0.5) is 0 Å². The average molecular weight is 429 g/mol. The lowest BCUT2D eigenvalue weighted by atomic mass is 9.44. The molecule has 8 atom stereocenters. The van der Waals surface area contributed by atoms with E-state index in [1.54, 1.807) is 0 Å². The summed E-state index contributed by atoms with van der Waals surface area (Å²) in [6.07, 6.45) is 14.4. The molecule has 4 aliphatic carbocycles. The van der Waals surface area contributed by atoms with E-state index < -0.39 is 0 Å². The molecule has 0 bridgehead atoms. The molecule has 4 aliphatic rings. The molecule has 174 valence electrons. The molecule has 1 aromatic heterocycles. The highest BCUT2D eigenvalue weighted by Gasteiger charge is 2.61. The maximum atomic E-state index is 12.2. The van der Waals surface area contributed by atoms with Gasteiger partial charge in [-0.15, -0.1) is 0 Å². The average Bonchev–Trinajstić information content (AvgIpc) is 3.25. The molecule has 0 N–H and O–H groups in total. The zero-order valence-corrected chi connectivity index (χ0v) is 20.5. The van der Waals surface area contributed by atoms with Crippen molar-refractivity contribution in [2.24, 2.45) is 52.3 Å². The summed E-state index contributed by atoms with van der Waals surface area (Å²) in [5, 5.41) is 16.3. The van der Waals surface area contributed by atoms with Crippen molar-refractivity contribution < 1.29 is 9.53 Å². The van der Waals surface area contributed by atoms with Crippen LogP contribution >= 0.6 is 0 Å². The number of aromatic nitrogens is 2. The van der Waals surface area contributed by atoms with Crippen LogP contribution in [0.2, 0.25) is 0 Å². The minimum absolute atomic E-state index is 0.246. The van der Waals surface area contributed by atoms with E-state index in [4.69, 9.17) is 4.63 Å². The van der Waals surface area contributed by atoms with Crippen LogP contribution in [0.15, 0.2) is 4.63 Å². The van der Waals surface area contributed by atoms with Crippen molar-refractivity contribution in [1.29, 1.82) is 0 Å². The van der Waals surface area contributed by atoms with Gasteiger partial charge in [-0.05, 0) is 95.7 Å². The summed E-state index contributed by atoms with van der Waals surface area (Å²) in [5.74, 6) is 5.80. The Morgan fingerprint density at radius 3 is 2.58 bits per heavy atom. The molecule has 4 heteroatoms. The van der Waals surface area contributed by atoms with Crippen LogP contribution in [-0.2, 0) is 12.8 Å². The maximum absolute atomic E-state index is 12.2. The van der Waals surface area contributed by atoms with Crippen molar-refractivity contribution in [2.45, 2.75) is 105 Å². The highest BCUT2D eigenvalue weighted by atomic mass is 16.8. The van der Waals surface area contributed by atoms with Gasteiger partial charge < -0.3 is 5.21 Å². The second-order valence-electron chi connectivity index (χ2n) is 12.9. The van der Waals surface area contributed by atoms with Crippen LogP contribution in [0.1, 0.15) is 104 Å². The Kier molecular flexibility index (Phi) is 5.45. The zero-order valence-electron chi connectivity index (χ0n) is 20.5. The van der Waals surface area contributed by atoms with Gasteiger partial charge in [0.1, 0.15) is 0 Å². The Balaban J connectivity index is 1.34. The molecule has 0 spiro atoms. The van der Waals surface area contributed by atoms with Crippen LogP contribution in [0.3, 0.4) is 0 Å². The second kappa shape index (κ2) is 7.76. The van der Waals surface area contributed by atoms with Gasteiger partial charge in [-0.2, -0.15) is 0 Å². The maximum Gasteiger partial charge on any atom is 0.221 e. The second-order valence-corrected chi connectivity index (χ2v) is 12.9. The molecule has 0 saturated heterocycles. The topological polar surface area (TPSA) is 53.0 Å². The van der Waals surface area contributed by atoms with Crippen LogP contribution in [0.5, 0.6) is 0 Å². The van der Waals surface area contributed by atoms with Gasteiger partial charge in [-0.3, -0.25) is 4.63 Å². The minimum atomic E-state index is 0.246. The molecule has 0 aromatic carbocycles. The van der Waals surface area contributed by atoms with Gasteiger partial charge in [0.05, 0.1) is 0 Å². The summed E-state index contributed by atoms with van der Waals surface area (Å²) < 4.78 is 4.99. The van der Waals surface area contributed by atoms with Crippen molar-refractivity contribution in [2.75, 3.05) is 0 Å². The third-order valence-corrected chi connectivity index (χ3v) is 11.0. The highest BCUT2D eigenvalue weighted by molar-refractivity contribution is 5.19. The van der Waals surface area contributed by atoms with Crippen molar-refractivity contribution in [3.63, 3.8) is 0 Å². The van der Waals surface area contributed by atoms with Crippen LogP contribution < -0.4 is 4.90 Å². The van der Waals surface area contributed by atoms with Gasteiger partial charge in [0.15, 0.2) is 5.69 Å². The summed E-state index contributed by atoms with van der Waals surface area (Å²) >= 11 is 0. The van der Waals surface area contributed by atoms with Crippen LogP contribution in [0.25, 0.3) is 0 Å². The van der Waals surface area contributed by atoms with Gasteiger partial charge in [0.25, 0.3) is 0 Å². The zero-order chi connectivity index (χ0) is 22.0. The standard InChI is InChI=1S/C27H44N2O2/c1-17(2)7-6-8-18(3)21-11-12-22-20-10-9-19-15-24-25(29(30)31-28-24)16-27(19,5)23(20)13-14-26(21,22)4/h17-23H,6-16H2,1-5H3. The largest absolute Gasteiger partial charge is 0.359 e. The van der Waals surface area contributed by atoms with Gasteiger partial charge >= 0.3 is 0 Å². The first kappa shape index (κ1) is 21.8. The number of rotatable bonds is 5. The highest BCUT2D eigenvalue weighted by Crippen LogP contribution is 2.67. The van der Waals surface area contributed by atoms with Crippen molar-refractivity contribution in [3.8, 4) is 0 Å². The predicted octanol–water partition coefficient (Wildman–Crippen LogP) is 6.34. The molecular formula is C27H44N2O2. The molecular weight excluding hydrogens is 384 g/mol. The molecule has 0 amide bonds. The first-order chi connectivity index (χ1) is 14.7. The van der Waals surface area contributed by atoms with Crippen molar-refractivity contribution in [3.05, 3.63) is 16.6 Å². The van der Waals surface area contributed by atoms with Gasteiger partial charge in [0, 0.05) is 18.0 Å². The Labute approximate surface area is 189 Å². The quantitative estimate of drug-likeness (QED) is 0.514. The fourth-order valence-corrected chi connectivity index (χ4v) is 9.38. The number of fused-ring (bicyclic) bond motifs is 6. The fraction of sp³-hybridized carbons (Fsp3) is 0.926. The van der Waals surface area contributed by atoms with E-state index >= 15 is 0 Å². The number of hydrogen-bond acceptors (Lipinski definition) is 3. The molecule has 5 rings (SSSR count). The molecule has 0 aliphatic heterocycles. The lowest BCUT2D eigenvalue weighted by molar-refractivity contribution is -0.808. The third-order valence-electron chi connectivity index (χ3n) is 11.0. The lowest BCUT2D eigenvalue weighted by Crippen LogP contribution is -2.55. The smallest absolute Gasteiger partial charge is 0.221 e. The molecule has 4 nitrogen and oxygen atoms in total. The van der Waals surface area contributed by atoms with Gasteiger partial charge in [-0.1, -0.05) is 53.9 Å². The molecule has 8 unspecified atom stereocenters. The van der Waals surface area contributed by atoms with E-state index in [-0.39, 0.29) is 5.41 Å². The van der Waals surface area contributed by atoms with E-state index in [1.807, 2.05) is 0 Å². The molecule has 3 saturated carbocycles. The summed E-state index contributed by atoms with van der Waals surface area (Å²) in [4.78, 5) is 0.706. The van der Waals surface area contributed by atoms with Crippen molar-refractivity contribution >= 4 is 0 Å². The summed E-state index contributed by atoms with van der Waals surface area (Å²) in [5.41, 5.74) is 2.55. The molecule has 0 radical (unpaired) electrons. The lowest BCUT2D eigenvalue weighted by Gasteiger charge is -2.60. The van der Waals surface area contributed by atoms with E-state index in [0.29, 0.717) is 16.2 Å². The van der Waals surface area contributed by atoms with Crippen LogP contribution in [-0.4, -0.2) is 5.16 Å². The monoisotopic (exact) mass is 428 g/mol. The van der Waals surface area contributed by atoms with Crippen molar-refractivity contribution in [1.82, 2.24) is 5.16 Å². The van der Waals surface area contributed by atoms with E-state index in [1.165, 1.54) is 57.8 Å². The Hall–Kier alpha value is -1.06. The molecule has 1 aromatic rings.